The highest BCUT2D eigenvalue weighted by atomic mass is 28.3. The molecule has 9 aromatic carbocycles. The fourth-order valence-corrected chi connectivity index (χ4v) is 15.5. The summed E-state index contributed by atoms with van der Waals surface area (Å²) < 4.78 is 0. The zero-order chi connectivity index (χ0) is 34.7. The van der Waals surface area contributed by atoms with Crippen molar-refractivity contribution < 1.29 is 0 Å². The van der Waals surface area contributed by atoms with Gasteiger partial charge in [0, 0.05) is 21.7 Å². The number of hydrogen-bond acceptors (Lipinski definition) is 1. The number of nitrogens with zero attached hydrogens (tertiary/aromatic N) is 1. The van der Waals surface area contributed by atoms with E-state index in [-0.39, 0.29) is 0 Å². The fraction of sp³-hybridized carbons (Fsp3) is 0. The second kappa shape index (κ2) is 10.7. The SMILES string of the molecule is c1ccc2c(c1)-c1ccccc1[Si]21c2ccccc2-c2ccc(-c3cc4c(-c5ccc6ccccc6c5)nc5ccccc5c4c4ccccc34)cc21. The van der Waals surface area contributed by atoms with Crippen molar-refractivity contribution >= 4 is 72.0 Å². The maximum absolute atomic E-state index is 5.42. The Morgan fingerprint density at radius 2 is 0.868 bits per heavy atom. The van der Waals surface area contributed by atoms with Crippen LogP contribution in [-0.2, 0) is 0 Å². The molecular weight excluding hydrogens is 655 g/mol. The van der Waals surface area contributed by atoms with Crippen molar-refractivity contribution in [3.05, 3.63) is 188 Å². The summed E-state index contributed by atoms with van der Waals surface area (Å²) in [6.07, 6.45) is 0. The van der Waals surface area contributed by atoms with E-state index in [2.05, 4.69) is 188 Å². The molecule has 0 atom stereocenters. The summed E-state index contributed by atoms with van der Waals surface area (Å²) in [5, 5.41) is 14.6. The van der Waals surface area contributed by atoms with E-state index in [1.165, 1.54) is 91.8 Å². The molecule has 0 bridgehead atoms. The summed E-state index contributed by atoms with van der Waals surface area (Å²) in [7, 11) is -2.58. The average Bonchev–Trinajstić information content (AvgIpc) is 3.70. The van der Waals surface area contributed by atoms with Crippen LogP contribution in [-0.4, -0.2) is 13.1 Å². The highest BCUT2D eigenvalue weighted by Crippen LogP contribution is 2.43. The first kappa shape index (κ1) is 29.0. The third-order valence-corrected chi connectivity index (χ3v) is 17.0. The van der Waals surface area contributed by atoms with Crippen LogP contribution in [0.4, 0.5) is 0 Å². The van der Waals surface area contributed by atoms with Crippen molar-refractivity contribution in [2.24, 2.45) is 0 Å². The summed E-state index contributed by atoms with van der Waals surface area (Å²) in [6, 6.07) is 70.4. The van der Waals surface area contributed by atoms with Crippen LogP contribution >= 0.6 is 0 Å². The van der Waals surface area contributed by atoms with E-state index < -0.39 is 8.07 Å². The monoisotopic (exact) mass is 685 g/mol. The molecule has 0 N–H and O–H groups in total. The highest BCUT2D eigenvalue weighted by molar-refractivity contribution is 7.24. The summed E-state index contributed by atoms with van der Waals surface area (Å²) >= 11 is 0. The average molecular weight is 686 g/mol. The van der Waals surface area contributed by atoms with Gasteiger partial charge in [-0.15, -0.1) is 0 Å². The summed E-state index contributed by atoms with van der Waals surface area (Å²) in [6.45, 7) is 0. The van der Waals surface area contributed by atoms with E-state index in [0.717, 1.165) is 16.8 Å². The van der Waals surface area contributed by atoms with Gasteiger partial charge in [-0.05, 0) is 93.9 Å². The number of pyridine rings is 1. The van der Waals surface area contributed by atoms with E-state index >= 15 is 0 Å². The maximum Gasteiger partial charge on any atom is 0.182 e. The van der Waals surface area contributed by atoms with Crippen LogP contribution < -0.4 is 20.7 Å². The number of fused-ring (bicyclic) bond motifs is 16. The quantitative estimate of drug-likeness (QED) is 0.130. The van der Waals surface area contributed by atoms with Crippen LogP contribution in [0.25, 0.3) is 87.9 Å². The predicted molar refractivity (Wildman–Crippen MR) is 227 cm³/mol. The smallest absolute Gasteiger partial charge is 0.182 e. The zero-order valence-corrected chi connectivity index (χ0v) is 29.8. The normalized spacial score (nSPS) is 13.4. The molecule has 53 heavy (non-hydrogen) atoms. The van der Waals surface area contributed by atoms with E-state index in [1.807, 2.05) is 0 Å². The van der Waals surface area contributed by atoms with Crippen LogP contribution in [0.15, 0.2) is 188 Å². The Labute approximate surface area is 308 Å². The van der Waals surface area contributed by atoms with Crippen LogP contribution in [0, 0.1) is 0 Å². The molecule has 2 heteroatoms. The Balaban J connectivity index is 1.19. The van der Waals surface area contributed by atoms with Crippen molar-refractivity contribution in [2.45, 2.75) is 0 Å². The van der Waals surface area contributed by atoms with Gasteiger partial charge in [0.1, 0.15) is 0 Å². The third kappa shape index (κ3) is 3.83. The number of para-hydroxylation sites is 1. The molecule has 0 fully saturated rings. The van der Waals surface area contributed by atoms with E-state index in [9.17, 15) is 0 Å². The third-order valence-electron chi connectivity index (χ3n) is 12.0. The standard InChI is InChI=1S/C51H31NSi/c1-2-14-33-29-35(26-25-32(33)13-1)51-44-31-43(36-15-3-4-19-41(36)50(44)42-20-5-9-21-45(42)52-51)34-27-28-40-39-18-8-12-24-48(39)53(49(40)30-34)46-22-10-6-16-37(46)38-17-7-11-23-47(38)53/h1-31H. The molecule has 2 aliphatic rings. The molecule has 10 aromatic rings. The van der Waals surface area contributed by atoms with Crippen molar-refractivity contribution in [1.82, 2.24) is 4.98 Å². The van der Waals surface area contributed by atoms with Gasteiger partial charge in [-0.3, -0.25) is 0 Å². The van der Waals surface area contributed by atoms with E-state index in [4.69, 9.17) is 4.98 Å². The topological polar surface area (TPSA) is 12.9 Å². The van der Waals surface area contributed by atoms with Gasteiger partial charge in [-0.25, -0.2) is 4.98 Å². The first-order chi connectivity index (χ1) is 26.3. The molecule has 0 amide bonds. The molecule has 1 nitrogen and oxygen atoms in total. The Hall–Kier alpha value is -6.61. The number of benzene rings is 9. The number of aromatic nitrogens is 1. The van der Waals surface area contributed by atoms with Gasteiger partial charge in [-0.1, -0.05) is 170 Å². The minimum atomic E-state index is -2.58. The van der Waals surface area contributed by atoms with Crippen molar-refractivity contribution in [3.63, 3.8) is 0 Å². The van der Waals surface area contributed by atoms with Gasteiger partial charge in [0.05, 0.1) is 11.2 Å². The van der Waals surface area contributed by atoms with Gasteiger partial charge in [-0.2, -0.15) is 0 Å². The molecular formula is C51H31NSi. The molecule has 0 unspecified atom stereocenters. The van der Waals surface area contributed by atoms with E-state index in [0.29, 0.717) is 0 Å². The number of rotatable bonds is 2. The van der Waals surface area contributed by atoms with Crippen LogP contribution in [0.3, 0.4) is 0 Å². The highest BCUT2D eigenvalue weighted by Gasteiger charge is 2.53. The first-order valence-electron chi connectivity index (χ1n) is 18.5. The molecule has 3 heterocycles. The Morgan fingerprint density at radius 3 is 1.58 bits per heavy atom. The molecule has 0 radical (unpaired) electrons. The largest absolute Gasteiger partial charge is 0.247 e. The number of hydrogen-bond donors (Lipinski definition) is 0. The van der Waals surface area contributed by atoms with E-state index in [1.54, 1.807) is 0 Å². The first-order valence-corrected chi connectivity index (χ1v) is 20.5. The summed E-state index contributed by atoms with van der Waals surface area (Å²) in [5.74, 6) is 0. The van der Waals surface area contributed by atoms with Gasteiger partial charge in [0.25, 0.3) is 0 Å². The molecule has 244 valence electrons. The lowest BCUT2D eigenvalue weighted by Gasteiger charge is -2.28. The van der Waals surface area contributed by atoms with Crippen LogP contribution in [0.5, 0.6) is 0 Å². The minimum Gasteiger partial charge on any atom is -0.247 e. The van der Waals surface area contributed by atoms with Crippen molar-refractivity contribution in [1.29, 1.82) is 0 Å². The molecule has 0 aliphatic carbocycles. The van der Waals surface area contributed by atoms with Gasteiger partial charge < -0.3 is 0 Å². The Kier molecular flexibility index (Phi) is 5.86. The Morgan fingerprint density at radius 1 is 0.321 bits per heavy atom. The van der Waals surface area contributed by atoms with Crippen molar-refractivity contribution in [2.75, 3.05) is 0 Å². The van der Waals surface area contributed by atoms with Gasteiger partial charge in [0.15, 0.2) is 8.07 Å². The fourth-order valence-electron chi connectivity index (χ4n) is 9.87. The second-order valence-corrected chi connectivity index (χ2v) is 18.2. The lowest BCUT2D eigenvalue weighted by molar-refractivity contribution is 1.43. The predicted octanol–water partition coefficient (Wildman–Crippen LogP) is 10.4. The zero-order valence-electron chi connectivity index (χ0n) is 28.8. The maximum atomic E-state index is 5.42. The molecule has 1 aromatic heterocycles. The van der Waals surface area contributed by atoms with Crippen LogP contribution in [0.1, 0.15) is 0 Å². The second-order valence-electron chi connectivity index (χ2n) is 14.6. The van der Waals surface area contributed by atoms with Crippen molar-refractivity contribution in [3.8, 4) is 44.6 Å². The summed E-state index contributed by atoms with van der Waals surface area (Å²) in [5.41, 5.74) is 11.2. The Bertz CT molecular complexity index is 3130. The lowest BCUT2D eigenvalue weighted by Crippen LogP contribution is -2.70. The lowest BCUT2D eigenvalue weighted by atomic mass is 9.89. The summed E-state index contributed by atoms with van der Waals surface area (Å²) in [4.78, 5) is 5.42. The molecule has 2 aliphatic heterocycles. The van der Waals surface area contributed by atoms with Gasteiger partial charge >= 0.3 is 0 Å². The van der Waals surface area contributed by atoms with Gasteiger partial charge in [0.2, 0.25) is 0 Å². The minimum absolute atomic E-state index is 1.02. The molecule has 0 saturated carbocycles. The molecule has 0 saturated heterocycles. The molecule has 12 rings (SSSR count). The van der Waals surface area contributed by atoms with Crippen LogP contribution in [0.2, 0.25) is 0 Å². The molecule has 1 spiro atoms.